The van der Waals surface area contributed by atoms with Crippen molar-refractivity contribution in [1.82, 2.24) is 4.90 Å². The Hall–Kier alpha value is -1.84. The molecule has 0 aromatic carbocycles. The van der Waals surface area contributed by atoms with Gasteiger partial charge in [0.15, 0.2) is 0 Å². The molecule has 4 nitrogen and oxygen atoms in total. The summed E-state index contributed by atoms with van der Waals surface area (Å²) in [5, 5.41) is 0. The van der Waals surface area contributed by atoms with E-state index in [0.717, 1.165) is 37.7 Å². The molecule has 30 heavy (non-hydrogen) atoms. The molecule has 1 saturated heterocycles. The van der Waals surface area contributed by atoms with Crippen LogP contribution >= 0.6 is 0 Å². The Morgan fingerprint density at radius 3 is 2.70 bits per heavy atom. The van der Waals surface area contributed by atoms with Gasteiger partial charge in [-0.3, -0.25) is 4.79 Å². The summed E-state index contributed by atoms with van der Waals surface area (Å²) in [5.41, 5.74) is 3.83. The lowest BCUT2D eigenvalue weighted by atomic mass is 9.48. The zero-order valence-electron chi connectivity index (χ0n) is 18.7. The number of ether oxygens (including phenoxy) is 1. The number of esters is 1. The van der Waals surface area contributed by atoms with E-state index in [1.54, 1.807) is 6.08 Å². The van der Waals surface area contributed by atoms with E-state index in [4.69, 9.17) is 4.74 Å². The molecule has 2 saturated carbocycles. The summed E-state index contributed by atoms with van der Waals surface area (Å²) in [7, 11) is 1.43. The second kappa shape index (κ2) is 7.10. The minimum Gasteiger partial charge on any atom is -0.466 e. The maximum Gasteiger partial charge on any atom is 0.330 e. The number of rotatable bonds is 2. The van der Waals surface area contributed by atoms with Crippen molar-refractivity contribution in [2.75, 3.05) is 20.2 Å². The van der Waals surface area contributed by atoms with Crippen LogP contribution in [0, 0.1) is 28.6 Å². The third-order valence-electron chi connectivity index (χ3n) is 9.29. The molecule has 4 aliphatic carbocycles. The van der Waals surface area contributed by atoms with Gasteiger partial charge in [0.05, 0.1) is 7.11 Å². The van der Waals surface area contributed by atoms with Crippen LogP contribution in [-0.2, 0) is 14.3 Å². The Bertz CT molecular complexity index is 862. The normalized spacial score (nSPS) is 41.7. The number of ketones is 1. The van der Waals surface area contributed by atoms with E-state index in [-0.39, 0.29) is 22.7 Å². The van der Waals surface area contributed by atoms with Gasteiger partial charge in [-0.1, -0.05) is 25.5 Å². The van der Waals surface area contributed by atoms with E-state index in [9.17, 15) is 9.59 Å². The summed E-state index contributed by atoms with van der Waals surface area (Å²) in [6.07, 6.45) is 14.9. The zero-order valence-corrected chi connectivity index (χ0v) is 18.7. The average molecular weight is 410 g/mol. The Morgan fingerprint density at radius 2 is 1.97 bits per heavy atom. The highest BCUT2D eigenvalue weighted by atomic mass is 16.5. The van der Waals surface area contributed by atoms with E-state index in [0.29, 0.717) is 24.0 Å². The van der Waals surface area contributed by atoms with Gasteiger partial charge in [0.25, 0.3) is 0 Å². The molecule has 4 heteroatoms. The number of Topliss-reactive ketones (excluding diaryl/α,β-unsaturated/α-hetero) is 1. The molecule has 0 unspecified atom stereocenters. The molecule has 1 heterocycles. The predicted octanol–water partition coefficient (Wildman–Crippen LogP) is 4.82. The van der Waals surface area contributed by atoms with Crippen molar-refractivity contribution in [3.05, 3.63) is 35.1 Å². The minimum atomic E-state index is -0.286. The maximum atomic E-state index is 13.7. The fourth-order valence-electron chi connectivity index (χ4n) is 7.69. The SMILES string of the molecule is COC(=O)/C=C1\CC[C@@H]2[C@H]3CC=C4C=C(N5CCCC5)CC[C@@]4(C)[C@@H]3C(=O)C[C@@]12C. The molecule has 5 aliphatic rings. The number of methoxy groups -OCH3 is 1. The van der Waals surface area contributed by atoms with Gasteiger partial charge in [-0.2, -0.15) is 0 Å². The molecule has 3 fully saturated rings. The number of carbonyl (C=O) groups is 2. The van der Waals surface area contributed by atoms with Crippen LogP contribution in [0.3, 0.4) is 0 Å². The largest absolute Gasteiger partial charge is 0.466 e. The molecule has 162 valence electrons. The van der Waals surface area contributed by atoms with Gasteiger partial charge in [-0.05, 0) is 73.8 Å². The van der Waals surface area contributed by atoms with Gasteiger partial charge in [-0.15, -0.1) is 0 Å². The van der Waals surface area contributed by atoms with E-state index in [1.807, 2.05) is 0 Å². The van der Waals surface area contributed by atoms with Gasteiger partial charge < -0.3 is 9.64 Å². The maximum absolute atomic E-state index is 13.7. The topological polar surface area (TPSA) is 46.6 Å². The van der Waals surface area contributed by atoms with E-state index < -0.39 is 0 Å². The Balaban J connectivity index is 1.48. The van der Waals surface area contributed by atoms with Crippen molar-refractivity contribution in [3.63, 3.8) is 0 Å². The lowest BCUT2D eigenvalue weighted by Gasteiger charge is -2.55. The molecule has 5 atom stereocenters. The fourth-order valence-corrected chi connectivity index (χ4v) is 7.69. The number of hydrogen-bond donors (Lipinski definition) is 0. The standard InChI is InChI=1S/C26H35NO3/c1-25-11-10-19(27-12-4-5-13-27)14-17(25)6-8-20-21-9-7-18(15-23(29)30-3)26(21,2)16-22(28)24(20)25/h6,14-15,20-21,24H,4-5,7-13,16H2,1-3H3/b18-15+/t20-,21-,24+,25-,26+/m1/s1. The molecule has 0 aromatic rings. The lowest BCUT2D eigenvalue weighted by Crippen LogP contribution is -2.53. The summed E-state index contributed by atoms with van der Waals surface area (Å²) in [5.74, 6) is 1.14. The first-order chi connectivity index (χ1) is 14.4. The fraction of sp³-hybridized carbons (Fsp3) is 0.692. The van der Waals surface area contributed by atoms with Crippen LogP contribution in [-0.4, -0.2) is 36.9 Å². The summed E-state index contributed by atoms with van der Waals surface area (Å²) in [6.45, 7) is 6.96. The van der Waals surface area contributed by atoms with Crippen molar-refractivity contribution in [3.8, 4) is 0 Å². The van der Waals surface area contributed by atoms with Crippen LogP contribution in [0.15, 0.2) is 35.1 Å². The Morgan fingerprint density at radius 1 is 1.20 bits per heavy atom. The second-order valence-corrected chi connectivity index (χ2v) is 10.7. The minimum absolute atomic E-state index is 0.0284. The van der Waals surface area contributed by atoms with Crippen LogP contribution < -0.4 is 0 Å². The van der Waals surface area contributed by atoms with Crippen molar-refractivity contribution < 1.29 is 14.3 Å². The smallest absolute Gasteiger partial charge is 0.330 e. The van der Waals surface area contributed by atoms with Crippen LogP contribution in [0.25, 0.3) is 0 Å². The molecule has 1 aliphatic heterocycles. The Kier molecular flexibility index (Phi) is 4.75. The van der Waals surface area contributed by atoms with Crippen LogP contribution in [0.4, 0.5) is 0 Å². The van der Waals surface area contributed by atoms with Crippen molar-refractivity contribution in [2.45, 2.75) is 65.2 Å². The summed E-state index contributed by atoms with van der Waals surface area (Å²) < 4.78 is 4.89. The molecule has 0 spiro atoms. The van der Waals surface area contributed by atoms with Crippen molar-refractivity contribution in [2.24, 2.45) is 28.6 Å². The first kappa shape index (κ1) is 20.1. The molecule has 0 N–H and O–H groups in total. The third-order valence-corrected chi connectivity index (χ3v) is 9.29. The molecule has 0 aromatic heterocycles. The number of nitrogens with zero attached hydrogens (tertiary/aromatic N) is 1. The van der Waals surface area contributed by atoms with E-state index in [1.165, 1.54) is 44.3 Å². The number of hydrogen-bond acceptors (Lipinski definition) is 4. The van der Waals surface area contributed by atoms with Gasteiger partial charge in [0.1, 0.15) is 5.78 Å². The highest BCUT2D eigenvalue weighted by Gasteiger charge is 2.60. The predicted molar refractivity (Wildman–Crippen MR) is 116 cm³/mol. The van der Waals surface area contributed by atoms with E-state index in [2.05, 4.69) is 30.9 Å². The number of likely N-dealkylation sites (tertiary alicyclic amines) is 1. The van der Waals surface area contributed by atoms with Crippen molar-refractivity contribution in [1.29, 1.82) is 0 Å². The molecular weight excluding hydrogens is 374 g/mol. The number of carbonyl (C=O) groups excluding carboxylic acids is 2. The molecule has 0 amide bonds. The Labute approximate surface area is 180 Å². The highest BCUT2D eigenvalue weighted by Crippen LogP contribution is 2.64. The quantitative estimate of drug-likeness (QED) is 0.485. The van der Waals surface area contributed by atoms with Gasteiger partial charge in [0, 0.05) is 42.6 Å². The average Bonchev–Trinajstić information content (AvgIpc) is 3.35. The number of fused-ring (bicyclic) bond motifs is 5. The van der Waals surface area contributed by atoms with E-state index >= 15 is 0 Å². The zero-order chi connectivity index (χ0) is 21.1. The monoisotopic (exact) mass is 409 g/mol. The molecular formula is C26H35NO3. The van der Waals surface area contributed by atoms with Gasteiger partial charge in [-0.25, -0.2) is 4.79 Å². The van der Waals surface area contributed by atoms with Gasteiger partial charge >= 0.3 is 5.97 Å². The third kappa shape index (κ3) is 2.85. The summed E-state index contributed by atoms with van der Waals surface area (Å²) >= 11 is 0. The van der Waals surface area contributed by atoms with Crippen LogP contribution in [0.5, 0.6) is 0 Å². The summed E-state index contributed by atoms with van der Waals surface area (Å²) in [4.78, 5) is 28.2. The number of allylic oxidation sites excluding steroid dienone is 5. The van der Waals surface area contributed by atoms with Crippen LogP contribution in [0.2, 0.25) is 0 Å². The second-order valence-electron chi connectivity index (χ2n) is 10.7. The molecule has 5 rings (SSSR count). The van der Waals surface area contributed by atoms with Gasteiger partial charge in [0.2, 0.25) is 0 Å². The molecule has 0 bridgehead atoms. The molecule has 0 radical (unpaired) electrons. The lowest BCUT2D eigenvalue weighted by molar-refractivity contribution is -0.140. The first-order valence-corrected chi connectivity index (χ1v) is 11.8. The summed E-state index contributed by atoms with van der Waals surface area (Å²) in [6, 6.07) is 0. The van der Waals surface area contributed by atoms with Crippen LogP contribution in [0.1, 0.15) is 65.2 Å². The highest BCUT2D eigenvalue weighted by molar-refractivity contribution is 5.87. The first-order valence-electron chi connectivity index (χ1n) is 11.8. The van der Waals surface area contributed by atoms with Crippen molar-refractivity contribution >= 4 is 11.8 Å².